The molecular weight excluding hydrogens is 288 g/mol. The van der Waals surface area contributed by atoms with Crippen molar-refractivity contribution in [1.82, 2.24) is 10.6 Å². The molecule has 0 aliphatic carbocycles. The summed E-state index contributed by atoms with van der Waals surface area (Å²) >= 11 is 0. The maximum atomic E-state index is 13.5. The summed E-state index contributed by atoms with van der Waals surface area (Å²) < 4.78 is 31.8. The van der Waals surface area contributed by atoms with Gasteiger partial charge in [-0.1, -0.05) is 0 Å². The average molecular weight is 313 g/mol. The van der Waals surface area contributed by atoms with Crippen molar-refractivity contribution in [3.8, 4) is 0 Å². The van der Waals surface area contributed by atoms with Crippen molar-refractivity contribution >= 4 is 5.96 Å². The zero-order valence-electron chi connectivity index (χ0n) is 13.3. The molecule has 22 heavy (non-hydrogen) atoms. The Bertz CT molecular complexity index is 467. The van der Waals surface area contributed by atoms with Gasteiger partial charge in [-0.25, -0.2) is 8.78 Å². The Morgan fingerprint density at radius 3 is 2.68 bits per heavy atom. The molecule has 1 aromatic carbocycles. The van der Waals surface area contributed by atoms with E-state index in [1.54, 1.807) is 7.05 Å². The lowest BCUT2D eigenvalue weighted by atomic mass is 10.1. The minimum Gasteiger partial charge on any atom is -0.382 e. The van der Waals surface area contributed by atoms with Crippen molar-refractivity contribution in [3.63, 3.8) is 0 Å². The van der Waals surface area contributed by atoms with Crippen LogP contribution in [-0.2, 0) is 11.2 Å². The van der Waals surface area contributed by atoms with E-state index in [2.05, 4.69) is 15.6 Å². The van der Waals surface area contributed by atoms with Gasteiger partial charge in [0.25, 0.3) is 0 Å². The van der Waals surface area contributed by atoms with E-state index in [4.69, 9.17) is 4.74 Å². The van der Waals surface area contributed by atoms with Gasteiger partial charge in [0.2, 0.25) is 0 Å². The quantitative estimate of drug-likeness (QED) is 0.418. The van der Waals surface area contributed by atoms with E-state index in [1.165, 1.54) is 6.07 Å². The van der Waals surface area contributed by atoms with Gasteiger partial charge in [-0.05, 0) is 49.9 Å². The number of hydrogen-bond donors (Lipinski definition) is 2. The molecule has 6 heteroatoms. The minimum absolute atomic E-state index is 0.361. The Balaban J connectivity index is 2.22. The van der Waals surface area contributed by atoms with Crippen LogP contribution < -0.4 is 10.6 Å². The standard InChI is InChI=1S/C16H25F2N3O/c1-3-22-11-5-4-9-20-16(19-2)21-10-8-13-12-14(17)6-7-15(13)18/h6-7,12H,3-5,8-11H2,1-2H3,(H2,19,20,21). The number of aliphatic imine (C=N–C) groups is 1. The summed E-state index contributed by atoms with van der Waals surface area (Å²) in [4.78, 5) is 4.09. The Morgan fingerprint density at radius 2 is 1.95 bits per heavy atom. The van der Waals surface area contributed by atoms with Crippen molar-refractivity contribution in [2.24, 2.45) is 4.99 Å². The molecule has 0 atom stereocenters. The van der Waals surface area contributed by atoms with E-state index in [9.17, 15) is 8.78 Å². The molecule has 0 amide bonds. The molecule has 0 fully saturated rings. The summed E-state index contributed by atoms with van der Waals surface area (Å²) in [5, 5.41) is 6.26. The number of rotatable bonds is 9. The van der Waals surface area contributed by atoms with E-state index in [-0.39, 0.29) is 5.82 Å². The number of ether oxygens (including phenoxy) is 1. The van der Waals surface area contributed by atoms with Crippen molar-refractivity contribution in [1.29, 1.82) is 0 Å². The average Bonchev–Trinajstić information content (AvgIpc) is 2.52. The Morgan fingerprint density at radius 1 is 1.18 bits per heavy atom. The third kappa shape index (κ3) is 7.36. The van der Waals surface area contributed by atoms with Crippen LogP contribution in [0, 0.1) is 11.6 Å². The zero-order chi connectivity index (χ0) is 16.2. The van der Waals surface area contributed by atoms with Gasteiger partial charge in [-0.3, -0.25) is 4.99 Å². The molecule has 1 aromatic rings. The fraction of sp³-hybridized carbons (Fsp3) is 0.562. The monoisotopic (exact) mass is 313 g/mol. The van der Waals surface area contributed by atoms with Crippen molar-refractivity contribution in [3.05, 3.63) is 35.4 Å². The minimum atomic E-state index is -0.423. The highest BCUT2D eigenvalue weighted by Crippen LogP contribution is 2.09. The first-order valence-electron chi connectivity index (χ1n) is 7.63. The van der Waals surface area contributed by atoms with Gasteiger partial charge in [0.1, 0.15) is 11.6 Å². The fourth-order valence-corrected chi connectivity index (χ4v) is 1.95. The first-order chi connectivity index (χ1) is 10.7. The molecule has 124 valence electrons. The van der Waals surface area contributed by atoms with Gasteiger partial charge in [0, 0.05) is 33.4 Å². The molecule has 0 unspecified atom stereocenters. The van der Waals surface area contributed by atoms with Crippen molar-refractivity contribution < 1.29 is 13.5 Å². The summed E-state index contributed by atoms with van der Waals surface area (Å²) in [6.45, 7) is 4.77. The molecular formula is C16H25F2N3O. The second-order valence-electron chi connectivity index (χ2n) is 4.82. The van der Waals surface area contributed by atoms with Gasteiger partial charge in [-0.2, -0.15) is 0 Å². The highest BCUT2D eigenvalue weighted by molar-refractivity contribution is 5.79. The molecule has 2 N–H and O–H groups in total. The van der Waals surface area contributed by atoms with Crippen LogP contribution in [0.15, 0.2) is 23.2 Å². The van der Waals surface area contributed by atoms with Gasteiger partial charge in [0.15, 0.2) is 5.96 Å². The van der Waals surface area contributed by atoms with Gasteiger partial charge in [0.05, 0.1) is 0 Å². The summed E-state index contributed by atoms with van der Waals surface area (Å²) in [6, 6.07) is 3.49. The summed E-state index contributed by atoms with van der Waals surface area (Å²) in [7, 11) is 1.68. The Kier molecular flexibility index (Phi) is 9.14. The van der Waals surface area contributed by atoms with Crippen LogP contribution in [0.2, 0.25) is 0 Å². The molecule has 0 saturated heterocycles. The predicted octanol–water partition coefficient (Wildman–Crippen LogP) is 2.49. The highest BCUT2D eigenvalue weighted by Gasteiger charge is 2.04. The third-order valence-corrected chi connectivity index (χ3v) is 3.13. The summed E-state index contributed by atoms with van der Waals surface area (Å²) in [6.07, 6.45) is 2.38. The summed E-state index contributed by atoms with van der Waals surface area (Å²) in [5.74, 6) is -0.150. The van der Waals surface area contributed by atoms with Crippen LogP contribution in [0.4, 0.5) is 8.78 Å². The number of nitrogens with one attached hydrogen (secondary N) is 2. The molecule has 0 aliphatic rings. The number of nitrogens with zero attached hydrogens (tertiary/aromatic N) is 1. The second kappa shape index (κ2) is 11.0. The molecule has 1 rings (SSSR count). The lowest BCUT2D eigenvalue weighted by molar-refractivity contribution is 0.143. The SMILES string of the molecule is CCOCCCCNC(=NC)NCCc1cc(F)ccc1F. The predicted molar refractivity (Wildman–Crippen MR) is 85.2 cm³/mol. The molecule has 0 radical (unpaired) electrons. The van der Waals surface area contributed by atoms with Crippen molar-refractivity contribution in [2.45, 2.75) is 26.2 Å². The Hall–Kier alpha value is -1.69. The lowest BCUT2D eigenvalue weighted by Gasteiger charge is -2.12. The zero-order valence-corrected chi connectivity index (χ0v) is 13.3. The molecule has 4 nitrogen and oxygen atoms in total. The van der Waals surface area contributed by atoms with Crippen molar-refractivity contribution in [2.75, 3.05) is 33.4 Å². The van der Waals surface area contributed by atoms with Crippen LogP contribution in [0.3, 0.4) is 0 Å². The fourth-order valence-electron chi connectivity index (χ4n) is 1.95. The van der Waals surface area contributed by atoms with E-state index in [1.807, 2.05) is 6.92 Å². The van der Waals surface area contributed by atoms with Crippen LogP contribution in [0.25, 0.3) is 0 Å². The first-order valence-corrected chi connectivity index (χ1v) is 7.63. The largest absolute Gasteiger partial charge is 0.382 e. The van der Waals surface area contributed by atoms with Crippen LogP contribution in [-0.4, -0.2) is 39.3 Å². The number of unbranched alkanes of at least 4 members (excludes halogenated alkanes) is 1. The summed E-state index contributed by atoms with van der Waals surface area (Å²) in [5.41, 5.74) is 0.361. The van der Waals surface area contributed by atoms with E-state index in [0.717, 1.165) is 44.7 Å². The van der Waals surface area contributed by atoms with Gasteiger partial charge >= 0.3 is 0 Å². The smallest absolute Gasteiger partial charge is 0.190 e. The lowest BCUT2D eigenvalue weighted by Crippen LogP contribution is -2.38. The third-order valence-electron chi connectivity index (χ3n) is 3.13. The van der Waals surface area contributed by atoms with Gasteiger partial charge in [-0.15, -0.1) is 0 Å². The number of halogens is 2. The number of hydrogen-bond acceptors (Lipinski definition) is 2. The molecule has 0 aromatic heterocycles. The van der Waals surface area contributed by atoms with Gasteiger partial charge < -0.3 is 15.4 Å². The number of guanidine groups is 1. The number of benzene rings is 1. The highest BCUT2D eigenvalue weighted by atomic mass is 19.1. The first kappa shape index (κ1) is 18.4. The molecule has 0 heterocycles. The van der Waals surface area contributed by atoms with Crippen LogP contribution in [0.1, 0.15) is 25.3 Å². The van der Waals surface area contributed by atoms with E-state index in [0.29, 0.717) is 24.5 Å². The van der Waals surface area contributed by atoms with E-state index < -0.39 is 5.82 Å². The maximum Gasteiger partial charge on any atom is 0.190 e. The van der Waals surface area contributed by atoms with Crippen LogP contribution >= 0.6 is 0 Å². The molecule has 0 spiro atoms. The maximum absolute atomic E-state index is 13.5. The van der Waals surface area contributed by atoms with Crippen LogP contribution in [0.5, 0.6) is 0 Å². The normalized spacial score (nSPS) is 11.5. The second-order valence-corrected chi connectivity index (χ2v) is 4.82. The Labute approximate surface area is 131 Å². The van der Waals surface area contributed by atoms with E-state index >= 15 is 0 Å². The molecule has 0 saturated carbocycles. The topological polar surface area (TPSA) is 45.6 Å². The molecule has 0 bridgehead atoms. The molecule has 0 aliphatic heterocycles.